The minimum absolute atomic E-state index is 0.845. The van der Waals surface area contributed by atoms with Gasteiger partial charge in [-0.25, -0.2) is 0 Å². The fourth-order valence-corrected chi connectivity index (χ4v) is 2.04. The third-order valence-corrected chi connectivity index (χ3v) is 2.92. The lowest BCUT2D eigenvalue weighted by Crippen LogP contribution is -2.36. The summed E-state index contributed by atoms with van der Waals surface area (Å²) in [6.07, 6.45) is 5.33. The smallest absolute Gasteiger partial charge is 0.0642 e. The second-order valence-corrected chi connectivity index (χ2v) is 4.00. The van der Waals surface area contributed by atoms with E-state index < -0.39 is 0 Å². The van der Waals surface area contributed by atoms with Gasteiger partial charge in [-0.3, -0.25) is 0 Å². The molecule has 2 nitrogen and oxygen atoms in total. The van der Waals surface area contributed by atoms with Crippen molar-refractivity contribution in [3.8, 4) is 0 Å². The van der Waals surface area contributed by atoms with Gasteiger partial charge >= 0.3 is 0 Å². The van der Waals surface area contributed by atoms with E-state index in [1.165, 1.54) is 11.3 Å². The highest BCUT2D eigenvalue weighted by Gasteiger charge is 2.13. The number of allylic oxidation sites excluding steroid dienone is 2. The van der Waals surface area contributed by atoms with E-state index in [0.29, 0.717) is 0 Å². The molecule has 0 aromatic heterocycles. The summed E-state index contributed by atoms with van der Waals surface area (Å²) in [4.78, 5) is 2.42. The predicted molar refractivity (Wildman–Crippen MR) is 68.0 cm³/mol. The highest BCUT2D eigenvalue weighted by molar-refractivity contribution is 5.54. The van der Waals surface area contributed by atoms with Crippen molar-refractivity contribution >= 4 is 5.69 Å². The normalized spacial score (nSPS) is 16.9. The van der Waals surface area contributed by atoms with Crippen LogP contribution in [0.2, 0.25) is 0 Å². The summed E-state index contributed by atoms with van der Waals surface area (Å²) in [6.45, 7) is 5.77. The average Bonchev–Trinajstić information content (AvgIpc) is 2.38. The zero-order valence-corrected chi connectivity index (χ0v) is 9.86. The summed E-state index contributed by atoms with van der Waals surface area (Å²) in [6, 6.07) is 8.65. The second-order valence-electron chi connectivity index (χ2n) is 4.00. The van der Waals surface area contributed by atoms with Gasteiger partial charge in [0, 0.05) is 18.8 Å². The molecular weight excluding hydrogens is 198 g/mol. The monoisotopic (exact) mass is 217 g/mol. The zero-order chi connectivity index (χ0) is 11.2. The van der Waals surface area contributed by atoms with Crippen LogP contribution in [0.15, 0.2) is 36.4 Å². The van der Waals surface area contributed by atoms with Crippen molar-refractivity contribution in [3.05, 3.63) is 42.0 Å². The molecule has 0 spiro atoms. The molecule has 0 amide bonds. The van der Waals surface area contributed by atoms with Crippen molar-refractivity contribution in [2.75, 3.05) is 31.2 Å². The number of anilines is 1. The van der Waals surface area contributed by atoms with E-state index in [4.69, 9.17) is 4.74 Å². The van der Waals surface area contributed by atoms with Crippen molar-refractivity contribution in [2.24, 2.45) is 0 Å². The first-order valence-corrected chi connectivity index (χ1v) is 5.93. The second kappa shape index (κ2) is 5.71. The van der Waals surface area contributed by atoms with Crippen LogP contribution >= 0.6 is 0 Å². The number of ether oxygens (including phenoxy) is 1. The van der Waals surface area contributed by atoms with Crippen LogP contribution < -0.4 is 4.90 Å². The van der Waals surface area contributed by atoms with Gasteiger partial charge < -0.3 is 9.64 Å². The van der Waals surface area contributed by atoms with E-state index in [2.05, 4.69) is 48.2 Å². The number of rotatable bonds is 3. The van der Waals surface area contributed by atoms with Crippen molar-refractivity contribution in [1.29, 1.82) is 0 Å². The van der Waals surface area contributed by atoms with Crippen molar-refractivity contribution in [2.45, 2.75) is 13.3 Å². The molecule has 1 aromatic rings. The van der Waals surface area contributed by atoms with Gasteiger partial charge in [0.2, 0.25) is 0 Å². The lowest BCUT2D eigenvalue weighted by molar-refractivity contribution is 0.122. The fourth-order valence-electron chi connectivity index (χ4n) is 2.04. The third kappa shape index (κ3) is 2.64. The van der Waals surface area contributed by atoms with Gasteiger partial charge in [-0.15, -0.1) is 0 Å². The Hall–Kier alpha value is -1.28. The van der Waals surface area contributed by atoms with Crippen LogP contribution in [-0.2, 0) is 11.2 Å². The van der Waals surface area contributed by atoms with Gasteiger partial charge in [-0.2, -0.15) is 0 Å². The molecule has 0 atom stereocenters. The summed E-state index contributed by atoms with van der Waals surface area (Å²) < 4.78 is 5.39. The summed E-state index contributed by atoms with van der Waals surface area (Å²) in [5.74, 6) is 0. The molecule has 1 fully saturated rings. The molecule has 0 unspecified atom stereocenters. The molecule has 0 radical (unpaired) electrons. The van der Waals surface area contributed by atoms with E-state index in [0.717, 1.165) is 32.7 Å². The van der Waals surface area contributed by atoms with E-state index in [9.17, 15) is 0 Å². The van der Waals surface area contributed by atoms with E-state index in [-0.39, 0.29) is 0 Å². The van der Waals surface area contributed by atoms with Crippen LogP contribution in [0, 0.1) is 0 Å². The van der Waals surface area contributed by atoms with Gasteiger partial charge in [0.25, 0.3) is 0 Å². The van der Waals surface area contributed by atoms with Crippen LogP contribution in [0.4, 0.5) is 5.69 Å². The fraction of sp³-hybridized carbons (Fsp3) is 0.429. The number of nitrogens with zero attached hydrogens (tertiary/aromatic N) is 1. The molecule has 86 valence electrons. The van der Waals surface area contributed by atoms with E-state index in [1.54, 1.807) is 0 Å². The van der Waals surface area contributed by atoms with Crippen LogP contribution in [0.5, 0.6) is 0 Å². The summed E-state index contributed by atoms with van der Waals surface area (Å²) in [5, 5.41) is 0. The molecule has 0 saturated carbocycles. The van der Waals surface area contributed by atoms with Crippen molar-refractivity contribution in [1.82, 2.24) is 0 Å². The number of hydrogen-bond donors (Lipinski definition) is 0. The van der Waals surface area contributed by atoms with Crippen molar-refractivity contribution in [3.63, 3.8) is 0 Å². The Labute approximate surface area is 97.5 Å². The van der Waals surface area contributed by atoms with Gasteiger partial charge in [0.05, 0.1) is 13.2 Å². The molecule has 1 aromatic carbocycles. The molecule has 0 N–H and O–H groups in total. The Bertz CT molecular complexity index is 354. The van der Waals surface area contributed by atoms with Crippen LogP contribution in [-0.4, -0.2) is 26.3 Å². The number of morpholine rings is 1. The minimum Gasteiger partial charge on any atom is -0.378 e. The number of benzene rings is 1. The maximum Gasteiger partial charge on any atom is 0.0642 e. The largest absolute Gasteiger partial charge is 0.378 e. The zero-order valence-electron chi connectivity index (χ0n) is 9.86. The summed E-state index contributed by atoms with van der Waals surface area (Å²) >= 11 is 0. The Morgan fingerprint density at radius 3 is 2.75 bits per heavy atom. The highest BCUT2D eigenvalue weighted by atomic mass is 16.5. The predicted octanol–water partition coefficient (Wildman–Crippen LogP) is 2.64. The number of para-hydroxylation sites is 1. The molecule has 2 heteroatoms. The maximum atomic E-state index is 5.39. The van der Waals surface area contributed by atoms with Gasteiger partial charge in [0.1, 0.15) is 0 Å². The quantitative estimate of drug-likeness (QED) is 0.722. The van der Waals surface area contributed by atoms with Crippen LogP contribution in [0.1, 0.15) is 12.5 Å². The first kappa shape index (κ1) is 11.2. The summed E-state index contributed by atoms with van der Waals surface area (Å²) in [7, 11) is 0. The molecule has 0 aliphatic carbocycles. The van der Waals surface area contributed by atoms with Crippen LogP contribution in [0.25, 0.3) is 0 Å². The Morgan fingerprint density at radius 1 is 1.25 bits per heavy atom. The highest BCUT2D eigenvalue weighted by Crippen LogP contribution is 2.22. The van der Waals surface area contributed by atoms with E-state index >= 15 is 0 Å². The third-order valence-electron chi connectivity index (χ3n) is 2.92. The molecular formula is C14H19NO. The molecule has 1 aliphatic heterocycles. The standard InChI is InChI=1S/C14H19NO/c1-2-3-6-13-7-4-5-8-14(13)15-9-11-16-12-10-15/h2-5,7-8H,6,9-12H2,1H3. The summed E-state index contributed by atoms with van der Waals surface area (Å²) in [5.41, 5.74) is 2.77. The SMILES string of the molecule is CC=CCc1ccccc1N1CCOCC1. The Balaban J connectivity index is 2.17. The number of hydrogen-bond acceptors (Lipinski definition) is 2. The lowest BCUT2D eigenvalue weighted by Gasteiger charge is -2.30. The average molecular weight is 217 g/mol. The molecule has 0 bridgehead atoms. The minimum atomic E-state index is 0.845. The topological polar surface area (TPSA) is 12.5 Å². The molecule has 16 heavy (non-hydrogen) atoms. The first-order chi connectivity index (χ1) is 7.92. The van der Waals surface area contributed by atoms with Gasteiger partial charge in [0.15, 0.2) is 0 Å². The van der Waals surface area contributed by atoms with Crippen LogP contribution in [0.3, 0.4) is 0 Å². The molecule has 2 rings (SSSR count). The maximum absolute atomic E-state index is 5.39. The van der Waals surface area contributed by atoms with E-state index in [1.807, 2.05) is 0 Å². The van der Waals surface area contributed by atoms with Gasteiger partial charge in [-0.05, 0) is 25.0 Å². The molecule has 1 heterocycles. The Morgan fingerprint density at radius 2 is 2.00 bits per heavy atom. The van der Waals surface area contributed by atoms with Crippen molar-refractivity contribution < 1.29 is 4.74 Å². The Kier molecular flexibility index (Phi) is 4.00. The molecule has 1 saturated heterocycles. The molecule has 1 aliphatic rings. The van der Waals surface area contributed by atoms with Gasteiger partial charge in [-0.1, -0.05) is 30.4 Å². The first-order valence-electron chi connectivity index (χ1n) is 5.93. The lowest BCUT2D eigenvalue weighted by atomic mass is 10.1.